The highest BCUT2D eigenvalue weighted by atomic mass is 16.5. The minimum atomic E-state index is 0.508. The molecule has 2 unspecified atom stereocenters. The molecule has 2 heteroatoms. The predicted molar refractivity (Wildman–Crippen MR) is 71.6 cm³/mol. The van der Waals surface area contributed by atoms with Crippen LogP contribution in [-0.4, -0.2) is 13.7 Å². The second-order valence-electron chi connectivity index (χ2n) is 5.23. The zero-order chi connectivity index (χ0) is 12.4. The van der Waals surface area contributed by atoms with Crippen LogP contribution in [0.4, 0.5) is 0 Å². The van der Waals surface area contributed by atoms with Gasteiger partial charge in [0.25, 0.3) is 0 Å². The van der Waals surface area contributed by atoms with E-state index in [2.05, 4.69) is 38.2 Å². The van der Waals surface area contributed by atoms with E-state index in [0.29, 0.717) is 6.04 Å². The Labute approximate surface area is 104 Å². The van der Waals surface area contributed by atoms with Gasteiger partial charge in [-0.3, -0.25) is 0 Å². The third-order valence-corrected chi connectivity index (χ3v) is 3.89. The third kappa shape index (κ3) is 2.47. The summed E-state index contributed by atoms with van der Waals surface area (Å²) in [5.41, 5.74) is 4.00. The maximum absolute atomic E-state index is 5.37. The molecule has 94 valence electrons. The van der Waals surface area contributed by atoms with E-state index in [4.69, 9.17) is 4.74 Å². The van der Waals surface area contributed by atoms with Crippen LogP contribution < -0.4 is 10.1 Å². The lowest BCUT2D eigenvalue weighted by atomic mass is 9.85. The number of rotatable bonds is 2. The molecule has 0 aliphatic carbocycles. The highest BCUT2D eigenvalue weighted by Crippen LogP contribution is 2.33. The van der Waals surface area contributed by atoms with Crippen LogP contribution in [0, 0.1) is 19.8 Å². The lowest BCUT2D eigenvalue weighted by Gasteiger charge is -2.32. The van der Waals surface area contributed by atoms with Crippen molar-refractivity contribution in [3.8, 4) is 5.75 Å². The van der Waals surface area contributed by atoms with Crippen molar-refractivity contribution >= 4 is 0 Å². The first-order chi connectivity index (χ1) is 8.13. The van der Waals surface area contributed by atoms with E-state index in [1.165, 1.54) is 29.5 Å². The van der Waals surface area contributed by atoms with Crippen LogP contribution in [0.3, 0.4) is 0 Å². The Morgan fingerprint density at radius 3 is 2.65 bits per heavy atom. The van der Waals surface area contributed by atoms with E-state index >= 15 is 0 Å². The Morgan fingerprint density at radius 1 is 1.24 bits per heavy atom. The first kappa shape index (κ1) is 12.4. The van der Waals surface area contributed by atoms with Gasteiger partial charge in [0.1, 0.15) is 5.75 Å². The Kier molecular flexibility index (Phi) is 3.72. The van der Waals surface area contributed by atoms with Crippen molar-refractivity contribution in [3.63, 3.8) is 0 Å². The molecule has 1 saturated heterocycles. The van der Waals surface area contributed by atoms with E-state index in [0.717, 1.165) is 18.2 Å². The number of methoxy groups -OCH3 is 1. The van der Waals surface area contributed by atoms with Gasteiger partial charge in [-0.15, -0.1) is 0 Å². The fourth-order valence-electron chi connectivity index (χ4n) is 2.83. The Hall–Kier alpha value is -1.02. The minimum Gasteiger partial charge on any atom is -0.496 e. The zero-order valence-electron chi connectivity index (χ0n) is 11.3. The first-order valence-electron chi connectivity index (χ1n) is 6.52. The van der Waals surface area contributed by atoms with Gasteiger partial charge in [0.05, 0.1) is 7.11 Å². The molecule has 1 aliphatic rings. The molecule has 2 atom stereocenters. The molecular formula is C15H23NO. The number of ether oxygens (including phenoxy) is 1. The van der Waals surface area contributed by atoms with E-state index in [-0.39, 0.29) is 0 Å². The molecular weight excluding hydrogens is 210 g/mol. The van der Waals surface area contributed by atoms with Crippen molar-refractivity contribution in [2.75, 3.05) is 13.7 Å². The standard InChI is InChI=1S/C15H23NO/c1-10-6-5-7-16-15(10)13-8-12(3)14(17-4)9-11(13)2/h8-10,15-16H,5-7H2,1-4H3. The van der Waals surface area contributed by atoms with Gasteiger partial charge in [-0.05, 0) is 61.9 Å². The number of aryl methyl sites for hydroxylation is 2. The predicted octanol–water partition coefficient (Wildman–Crippen LogP) is 3.37. The molecule has 0 spiro atoms. The largest absolute Gasteiger partial charge is 0.496 e. The Balaban J connectivity index is 2.34. The molecule has 1 heterocycles. The number of piperidine rings is 1. The van der Waals surface area contributed by atoms with Gasteiger partial charge in [0.2, 0.25) is 0 Å². The molecule has 0 radical (unpaired) electrons. The molecule has 1 fully saturated rings. The average Bonchev–Trinajstić information content (AvgIpc) is 2.32. The summed E-state index contributed by atoms with van der Waals surface area (Å²) < 4.78 is 5.37. The molecule has 0 aromatic heterocycles. The van der Waals surface area contributed by atoms with Crippen LogP contribution in [0.15, 0.2) is 12.1 Å². The number of hydrogen-bond donors (Lipinski definition) is 1. The fraction of sp³-hybridized carbons (Fsp3) is 0.600. The van der Waals surface area contributed by atoms with Gasteiger partial charge in [-0.2, -0.15) is 0 Å². The molecule has 2 nitrogen and oxygen atoms in total. The van der Waals surface area contributed by atoms with Gasteiger partial charge >= 0.3 is 0 Å². The van der Waals surface area contributed by atoms with E-state index in [9.17, 15) is 0 Å². The molecule has 17 heavy (non-hydrogen) atoms. The summed E-state index contributed by atoms with van der Waals surface area (Å²) in [6, 6.07) is 4.95. The van der Waals surface area contributed by atoms with Crippen molar-refractivity contribution in [1.29, 1.82) is 0 Å². The van der Waals surface area contributed by atoms with Crippen molar-refractivity contribution in [1.82, 2.24) is 5.32 Å². The minimum absolute atomic E-state index is 0.508. The number of nitrogens with one attached hydrogen (secondary N) is 1. The van der Waals surface area contributed by atoms with Crippen molar-refractivity contribution in [2.24, 2.45) is 5.92 Å². The van der Waals surface area contributed by atoms with E-state index < -0.39 is 0 Å². The molecule has 1 N–H and O–H groups in total. The van der Waals surface area contributed by atoms with E-state index in [1.807, 2.05) is 0 Å². The summed E-state index contributed by atoms with van der Waals surface area (Å²) in [5, 5.41) is 3.65. The van der Waals surface area contributed by atoms with Crippen molar-refractivity contribution in [2.45, 2.75) is 39.7 Å². The maximum Gasteiger partial charge on any atom is 0.122 e. The SMILES string of the molecule is COc1cc(C)c(C2NCCCC2C)cc1C. The van der Waals surface area contributed by atoms with Crippen molar-refractivity contribution in [3.05, 3.63) is 28.8 Å². The normalized spacial score (nSPS) is 24.7. The van der Waals surface area contributed by atoms with Crippen LogP contribution in [-0.2, 0) is 0 Å². The lowest BCUT2D eigenvalue weighted by molar-refractivity contribution is 0.304. The smallest absolute Gasteiger partial charge is 0.122 e. The summed E-state index contributed by atoms with van der Waals surface area (Å²) in [6.45, 7) is 7.78. The quantitative estimate of drug-likeness (QED) is 0.845. The molecule has 0 saturated carbocycles. The Morgan fingerprint density at radius 2 is 2.00 bits per heavy atom. The molecule has 2 rings (SSSR count). The third-order valence-electron chi connectivity index (χ3n) is 3.89. The van der Waals surface area contributed by atoms with Crippen LogP contribution in [0.5, 0.6) is 5.75 Å². The number of benzene rings is 1. The summed E-state index contributed by atoms with van der Waals surface area (Å²) in [4.78, 5) is 0. The second kappa shape index (κ2) is 5.09. The maximum atomic E-state index is 5.37. The van der Waals surface area contributed by atoms with Crippen LogP contribution in [0.2, 0.25) is 0 Å². The second-order valence-corrected chi connectivity index (χ2v) is 5.23. The zero-order valence-corrected chi connectivity index (χ0v) is 11.3. The van der Waals surface area contributed by atoms with Gasteiger partial charge in [0.15, 0.2) is 0 Å². The van der Waals surface area contributed by atoms with Gasteiger partial charge < -0.3 is 10.1 Å². The highest BCUT2D eigenvalue weighted by molar-refractivity contribution is 5.43. The molecule has 0 amide bonds. The van der Waals surface area contributed by atoms with Crippen LogP contribution in [0.25, 0.3) is 0 Å². The Bertz CT molecular complexity index is 400. The molecule has 1 aliphatic heterocycles. The highest BCUT2D eigenvalue weighted by Gasteiger charge is 2.24. The van der Waals surface area contributed by atoms with Gasteiger partial charge in [0, 0.05) is 6.04 Å². The summed E-state index contributed by atoms with van der Waals surface area (Å²) in [6.07, 6.45) is 2.62. The molecule has 1 aromatic rings. The van der Waals surface area contributed by atoms with Gasteiger partial charge in [-0.1, -0.05) is 13.0 Å². The van der Waals surface area contributed by atoms with Crippen molar-refractivity contribution < 1.29 is 4.74 Å². The van der Waals surface area contributed by atoms with E-state index in [1.54, 1.807) is 7.11 Å². The average molecular weight is 233 g/mol. The molecule has 0 bridgehead atoms. The summed E-state index contributed by atoms with van der Waals surface area (Å²) >= 11 is 0. The topological polar surface area (TPSA) is 21.3 Å². The monoisotopic (exact) mass is 233 g/mol. The van der Waals surface area contributed by atoms with Gasteiger partial charge in [-0.25, -0.2) is 0 Å². The summed E-state index contributed by atoms with van der Waals surface area (Å²) in [7, 11) is 1.74. The number of hydrogen-bond acceptors (Lipinski definition) is 2. The summed E-state index contributed by atoms with van der Waals surface area (Å²) in [5.74, 6) is 1.71. The van der Waals surface area contributed by atoms with Crippen LogP contribution >= 0.6 is 0 Å². The first-order valence-corrected chi connectivity index (χ1v) is 6.52. The fourth-order valence-corrected chi connectivity index (χ4v) is 2.83. The van der Waals surface area contributed by atoms with Crippen LogP contribution in [0.1, 0.15) is 42.5 Å². The lowest BCUT2D eigenvalue weighted by Crippen LogP contribution is -2.33. The molecule has 1 aromatic carbocycles.